The van der Waals surface area contributed by atoms with E-state index in [1.54, 1.807) is 12.1 Å². The van der Waals surface area contributed by atoms with Gasteiger partial charge in [-0.3, -0.25) is 0 Å². The highest BCUT2D eigenvalue weighted by Gasteiger charge is 2.35. The summed E-state index contributed by atoms with van der Waals surface area (Å²) >= 11 is 5.84. The zero-order valence-corrected chi connectivity index (χ0v) is 16.3. The molecule has 1 aromatic heterocycles. The van der Waals surface area contributed by atoms with E-state index in [1.165, 1.54) is 24.3 Å². The van der Waals surface area contributed by atoms with Gasteiger partial charge in [0.25, 0.3) is 10.0 Å². The van der Waals surface area contributed by atoms with Crippen LogP contribution in [0.15, 0.2) is 63.9 Å². The SMILES string of the molecule is C/C([O-])=N\S(=O)(=O)c1ccc(-n2nc(C(F)(F)F)cc2-c2ccc(Cl)cc2)cc1. The fraction of sp³-hybridized carbons (Fsp3) is 0.111. The third-order valence-corrected chi connectivity index (χ3v) is 5.38. The second-order valence-corrected chi connectivity index (χ2v) is 7.95. The molecule has 0 amide bonds. The van der Waals surface area contributed by atoms with Crippen molar-refractivity contribution in [2.24, 2.45) is 4.40 Å². The summed E-state index contributed by atoms with van der Waals surface area (Å²) in [6, 6.07) is 11.8. The number of rotatable bonds is 4. The number of nitrogens with zero attached hydrogens (tertiary/aromatic N) is 3. The lowest BCUT2D eigenvalue weighted by molar-refractivity contribution is -0.215. The van der Waals surface area contributed by atoms with Gasteiger partial charge in [0.15, 0.2) is 5.69 Å². The van der Waals surface area contributed by atoms with E-state index in [0.717, 1.165) is 29.8 Å². The van der Waals surface area contributed by atoms with Gasteiger partial charge < -0.3 is 5.11 Å². The summed E-state index contributed by atoms with van der Waals surface area (Å²) in [7, 11) is -4.19. The summed E-state index contributed by atoms with van der Waals surface area (Å²) in [6.07, 6.45) is -4.67. The maximum Gasteiger partial charge on any atom is 0.435 e. The highest BCUT2D eigenvalue weighted by Crippen LogP contribution is 2.33. The molecule has 2 aromatic carbocycles. The first kappa shape index (κ1) is 20.9. The Morgan fingerprint density at radius 1 is 1.10 bits per heavy atom. The Morgan fingerprint density at radius 3 is 2.21 bits per heavy atom. The van der Waals surface area contributed by atoms with Crippen molar-refractivity contribution < 1.29 is 26.7 Å². The number of hydrogen-bond donors (Lipinski definition) is 0. The maximum atomic E-state index is 13.2. The van der Waals surface area contributed by atoms with Crippen molar-refractivity contribution >= 4 is 27.5 Å². The minimum Gasteiger partial charge on any atom is -0.861 e. The Kier molecular flexibility index (Phi) is 5.42. The van der Waals surface area contributed by atoms with Crippen molar-refractivity contribution in [3.63, 3.8) is 0 Å². The molecule has 0 bridgehead atoms. The number of hydrogen-bond acceptors (Lipinski definition) is 4. The Hall–Kier alpha value is -2.85. The highest BCUT2D eigenvalue weighted by molar-refractivity contribution is 7.90. The Balaban J connectivity index is 2.11. The van der Waals surface area contributed by atoms with Gasteiger partial charge in [-0.25, -0.2) is 4.68 Å². The molecule has 0 aliphatic rings. The van der Waals surface area contributed by atoms with E-state index in [1.807, 2.05) is 0 Å². The molecule has 0 radical (unpaired) electrons. The molecule has 0 spiro atoms. The molecule has 152 valence electrons. The molecule has 0 unspecified atom stereocenters. The van der Waals surface area contributed by atoms with Crippen LogP contribution in [0.1, 0.15) is 12.6 Å². The quantitative estimate of drug-likeness (QED) is 0.455. The molecule has 0 N–H and O–H groups in total. The van der Waals surface area contributed by atoms with Crippen LogP contribution in [0.2, 0.25) is 5.02 Å². The van der Waals surface area contributed by atoms with Crippen LogP contribution in [0.4, 0.5) is 13.2 Å². The van der Waals surface area contributed by atoms with E-state index in [-0.39, 0.29) is 16.3 Å². The van der Waals surface area contributed by atoms with Gasteiger partial charge in [0.2, 0.25) is 0 Å². The van der Waals surface area contributed by atoms with Crippen molar-refractivity contribution in [3.05, 3.63) is 65.3 Å². The molecule has 6 nitrogen and oxygen atoms in total. The highest BCUT2D eigenvalue weighted by atomic mass is 35.5. The average Bonchev–Trinajstić information content (AvgIpc) is 3.07. The Bertz CT molecular complexity index is 1170. The number of alkyl halides is 3. The monoisotopic (exact) mass is 442 g/mol. The van der Waals surface area contributed by atoms with E-state index in [4.69, 9.17) is 11.6 Å². The molecule has 0 aliphatic carbocycles. The normalized spacial score (nSPS) is 12.9. The Labute approximate surface area is 168 Å². The maximum absolute atomic E-state index is 13.2. The molecule has 0 aliphatic heterocycles. The van der Waals surface area contributed by atoms with Crippen LogP contribution in [0.25, 0.3) is 16.9 Å². The van der Waals surface area contributed by atoms with E-state index >= 15 is 0 Å². The topological polar surface area (TPSA) is 87.4 Å². The molecule has 0 atom stereocenters. The molecule has 11 heteroatoms. The minimum atomic E-state index is -4.67. The van der Waals surface area contributed by atoms with E-state index in [9.17, 15) is 26.7 Å². The van der Waals surface area contributed by atoms with Gasteiger partial charge in [0, 0.05) is 10.6 Å². The van der Waals surface area contributed by atoms with E-state index in [2.05, 4.69) is 9.50 Å². The van der Waals surface area contributed by atoms with E-state index in [0.29, 0.717) is 10.6 Å². The lowest BCUT2D eigenvalue weighted by atomic mass is 10.1. The molecule has 3 aromatic rings. The fourth-order valence-electron chi connectivity index (χ4n) is 2.52. The van der Waals surface area contributed by atoms with Crippen molar-refractivity contribution in [2.75, 3.05) is 0 Å². The van der Waals surface area contributed by atoms with Crippen molar-refractivity contribution in [3.8, 4) is 16.9 Å². The van der Waals surface area contributed by atoms with Crippen molar-refractivity contribution in [1.29, 1.82) is 0 Å². The van der Waals surface area contributed by atoms with Crippen molar-refractivity contribution in [2.45, 2.75) is 18.0 Å². The van der Waals surface area contributed by atoms with Crippen LogP contribution in [0.3, 0.4) is 0 Å². The van der Waals surface area contributed by atoms with Crippen molar-refractivity contribution in [1.82, 2.24) is 9.78 Å². The molecule has 1 heterocycles. The molecule has 0 saturated carbocycles. The first-order valence-electron chi connectivity index (χ1n) is 7.99. The van der Waals surface area contributed by atoms with Gasteiger partial charge in [0.1, 0.15) is 0 Å². The van der Waals surface area contributed by atoms with Crippen LogP contribution in [0.5, 0.6) is 0 Å². The molecule has 29 heavy (non-hydrogen) atoms. The van der Waals surface area contributed by atoms with E-state index < -0.39 is 27.8 Å². The summed E-state index contributed by atoms with van der Waals surface area (Å²) in [5.41, 5.74) is -0.350. The number of halogens is 4. The summed E-state index contributed by atoms with van der Waals surface area (Å²) in [5, 5.41) is 15.0. The van der Waals surface area contributed by atoms with Gasteiger partial charge >= 0.3 is 6.18 Å². The third kappa shape index (κ3) is 4.60. The second kappa shape index (κ2) is 7.53. The van der Waals surface area contributed by atoms with Crippen LogP contribution < -0.4 is 5.11 Å². The van der Waals surface area contributed by atoms with Gasteiger partial charge in [0.05, 0.1) is 16.3 Å². The van der Waals surface area contributed by atoms with Gasteiger partial charge in [-0.2, -0.15) is 31.1 Å². The third-order valence-electron chi connectivity index (χ3n) is 3.77. The smallest absolute Gasteiger partial charge is 0.435 e. The summed E-state index contributed by atoms with van der Waals surface area (Å²) in [5.74, 6) is -0.888. The molecular formula is C18H12ClF3N3O3S-. The lowest BCUT2D eigenvalue weighted by Crippen LogP contribution is -2.15. The van der Waals surface area contributed by atoms with Crippen LogP contribution in [-0.4, -0.2) is 24.1 Å². The number of benzene rings is 2. The first-order chi connectivity index (χ1) is 13.5. The lowest BCUT2D eigenvalue weighted by Gasteiger charge is -2.09. The van der Waals surface area contributed by atoms with Gasteiger partial charge in [-0.15, -0.1) is 0 Å². The fourth-order valence-corrected chi connectivity index (χ4v) is 3.57. The number of aromatic nitrogens is 2. The zero-order chi connectivity index (χ0) is 21.4. The summed E-state index contributed by atoms with van der Waals surface area (Å²) < 4.78 is 67.6. The standard InChI is InChI=1S/C18H13ClF3N3O3S/c1-11(26)24-29(27,28)15-8-6-14(7-9-15)25-16(10-17(23-25)18(20,21)22)12-2-4-13(19)5-3-12/h2-10H,1H3,(H,24,26)/p-1. The number of sulfonamides is 1. The van der Waals surface area contributed by atoms with Crippen LogP contribution >= 0.6 is 11.6 Å². The van der Waals surface area contributed by atoms with Crippen LogP contribution in [-0.2, 0) is 16.2 Å². The van der Waals surface area contributed by atoms with Crippen LogP contribution in [0, 0.1) is 0 Å². The largest absolute Gasteiger partial charge is 0.861 e. The molecule has 0 saturated heterocycles. The molecule has 3 rings (SSSR count). The predicted molar refractivity (Wildman–Crippen MR) is 99.3 cm³/mol. The molecular weight excluding hydrogens is 431 g/mol. The summed E-state index contributed by atoms with van der Waals surface area (Å²) in [4.78, 5) is -0.271. The molecule has 0 fully saturated rings. The second-order valence-electron chi connectivity index (χ2n) is 5.91. The minimum absolute atomic E-state index is 0.137. The van der Waals surface area contributed by atoms with Gasteiger partial charge in [-0.1, -0.05) is 23.7 Å². The first-order valence-corrected chi connectivity index (χ1v) is 9.81. The van der Waals surface area contributed by atoms with Gasteiger partial charge in [-0.05, 0) is 55.3 Å². The Morgan fingerprint density at radius 2 is 1.69 bits per heavy atom. The average molecular weight is 443 g/mol. The zero-order valence-electron chi connectivity index (χ0n) is 14.7. The predicted octanol–water partition coefficient (Wildman–Crippen LogP) is 3.68. The summed E-state index contributed by atoms with van der Waals surface area (Å²) in [6.45, 7) is 0.993.